The van der Waals surface area contributed by atoms with Gasteiger partial charge in [0.1, 0.15) is 0 Å². The van der Waals surface area contributed by atoms with Crippen LogP contribution in [0.5, 0.6) is 0 Å². The molecular weight excluding hydrogens is 298 g/mol. The molecule has 3 aromatic carbocycles. The third-order valence-corrected chi connectivity index (χ3v) is 3.91. The highest BCUT2D eigenvalue weighted by molar-refractivity contribution is 6.04. The molecule has 0 saturated carbocycles. The first-order valence-electron chi connectivity index (χ1n) is 7.88. The molecule has 3 aromatic rings. The Labute approximate surface area is 141 Å². The minimum absolute atomic E-state index is 0.153. The molecule has 2 N–H and O–H groups in total. The fourth-order valence-corrected chi connectivity index (χ4v) is 2.49. The van der Waals surface area contributed by atoms with Crippen LogP contribution in [0.4, 0.5) is 5.69 Å². The van der Waals surface area contributed by atoms with E-state index in [-0.39, 0.29) is 5.91 Å². The van der Waals surface area contributed by atoms with Gasteiger partial charge in [0, 0.05) is 11.3 Å². The number of aliphatic hydroxyl groups is 1. The number of aliphatic hydroxyl groups excluding tert-OH is 1. The highest BCUT2D eigenvalue weighted by Gasteiger charge is 2.07. The number of benzene rings is 3. The Hall–Kier alpha value is -2.91. The minimum atomic E-state index is -0.514. The molecule has 0 aliphatic rings. The van der Waals surface area contributed by atoms with Gasteiger partial charge in [0.05, 0.1) is 6.10 Å². The van der Waals surface area contributed by atoms with Gasteiger partial charge in [-0.15, -0.1) is 0 Å². The molecule has 0 radical (unpaired) electrons. The molecule has 3 nitrogen and oxygen atoms in total. The average Bonchev–Trinajstić information content (AvgIpc) is 2.63. The molecule has 0 spiro atoms. The lowest BCUT2D eigenvalue weighted by Gasteiger charge is -2.09. The summed E-state index contributed by atoms with van der Waals surface area (Å²) in [5.41, 5.74) is 4.33. The van der Waals surface area contributed by atoms with Crippen molar-refractivity contribution in [3.05, 3.63) is 90.0 Å². The van der Waals surface area contributed by atoms with Crippen LogP contribution < -0.4 is 5.32 Å². The Bertz CT molecular complexity index is 807. The van der Waals surface area contributed by atoms with Gasteiger partial charge in [-0.2, -0.15) is 0 Å². The maximum atomic E-state index is 12.3. The molecular formula is C21H19NO2. The molecule has 0 bridgehead atoms. The highest BCUT2D eigenvalue weighted by Crippen LogP contribution is 2.20. The molecule has 0 fully saturated rings. The van der Waals surface area contributed by atoms with Crippen LogP contribution in [0.15, 0.2) is 78.9 Å². The molecule has 3 heteroatoms. The van der Waals surface area contributed by atoms with E-state index in [1.807, 2.05) is 54.6 Å². The zero-order valence-electron chi connectivity index (χ0n) is 13.4. The molecule has 0 aliphatic carbocycles. The lowest BCUT2D eigenvalue weighted by atomic mass is 10.0. The predicted octanol–water partition coefficient (Wildman–Crippen LogP) is 4.66. The number of hydrogen-bond donors (Lipinski definition) is 2. The fourth-order valence-electron chi connectivity index (χ4n) is 2.49. The van der Waals surface area contributed by atoms with Gasteiger partial charge < -0.3 is 10.4 Å². The maximum Gasteiger partial charge on any atom is 0.255 e. The SMILES string of the molecule is C[C@H](O)c1ccc(NC(=O)c2ccc(-c3ccccc3)cc2)cc1. The van der Waals surface area contributed by atoms with Crippen molar-refractivity contribution in [3.8, 4) is 11.1 Å². The van der Waals surface area contributed by atoms with Crippen LogP contribution in [0.1, 0.15) is 28.9 Å². The summed E-state index contributed by atoms with van der Waals surface area (Å²) in [6, 6.07) is 24.8. The van der Waals surface area contributed by atoms with E-state index in [1.165, 1.54) is 0 Å². The van der Waals surface area contributed by atoms with E-state index in [4.69, 9.17) is 0 Å². The van der Waals surface area contributed by atoms with E-state index in [9.17, 15) is 9.90 Å². The van der Waals surface area contributed by atoms with Gasteiger partial charge in [-0.05, 0) is 47.9 Å². The smallest absolute Gasteiger partial charge is 0.255 e. The van der Waals surface area contributed by atoms with Gasteiger partial charge in [-0.3, -0.25) is 4.79 Å². The third kappa shape index (κ3) is 3.70. The molecule has 0 unspecified atom stereocenters. The molecule has 0 aromatic heterocycles. The van der Waals surface area contributed by atoms with Crippen LogP contribution >= 0.6 is 0 Å². The monoisotopic (exact) mass is 317 g/mol. The van der Waals surface area contributed by atoms with Crippen molar-refractivity contribution in [3.63, 3.8) is 0 Å². The molecule has 120 valence electrons. The Morgan fingerprint density at radius 3 is 2.00 bits per heavy atom. The molecule has 0 heterocycles. The first kappa shape index (κ1) is 16.0. The number of carbonyl (C=O) groups excluding carboxylic acids is 1. The Balaban J connectivity index is 1.71. The van der Waals surface area contributed by atoms with Crippen LogP contribution in [-0.4, -0.2) is 11.0 Å². The van der Waals surface area contributed by atoms with Gasteiger partial charge in [-0.1, -0.05) is 54.6 Å². The van der Waals surface area contributed by atoms with E-state index in [0.717, 1.165) is 16.7 Å². The van der Waals surface area contributed by atoms with Gasteiger partial charge in [0.2, 0.25) is 0 Å². The first-order valence-corrected chi connectivity index (χ1v) is 7.88. The van der Waals surface area contributed by atoms with E-state index in [1.54, 1.807) is 31.2 Å². The van der Waals surface area contributed by atoms with E-state index in [2.05, 4.69) is 5.32 Å². The quantitative estimate of drug-likeness (QED) is 0.735. The van der Waals surface area contributed by atoms with Crippen LogP contribution in [0, 0.1) is 0 Å². The van der Waals surface area contributed by atoms with Gasteiger partial charge in [0.15, 0.2) is 0 Å². The lowest BCUT2D eigenvalue weighted by molar-refractivity contribution is 0.102. The van der Waals surface area contributed by atoms with Gasteiger partial charge >= 0.3 is 0 Å². The zero-order valence-corrected chi connectivity index (χ0v) is 13.4. The van der Waals surface area contributed by atoms with Crippen LogP contribution in [0.2, 0.25) is 0 Å². The van der Waals surface area contributed by atoms with E-state index >= 15 is 0 Å². The second-order valence-corrected chi connectivity index (χ2v) is 5.70. The van der Waals surface area contributed by atoms with Gasteiger partial charge in [-0.25, -0.2) is 0 Å². The molecule has 1 atom stereocenters. The van der Waals surface area contributed by atoms with Gasteiger partial charge in [0.25, 0.3) is 5.91 Å². The summed E-state index contributed by atoms with van der Waals surface area (Å²) >= 11 is 0. The molecule has 0 saturated heterocycles. The normalized spacial score (nSPS) is 11.8. The minimum Gasteiger partial charge on any atom is -0.389 e. The first-order chi connectivity index (χ1) is 11.6. The fraction of sp³-hybridized carbons (Fsp3) is 0.0952. The van der Waals surface area contributed by atoms with Crippen molar-refractivity contribution in [2.75, 3.05) is 5.32 Å². The van der Waals surface area contributed by atoms with Crippen LogP contribution in [0.25, 0.3) is 11.1 Å². The maximum absolute atomic E-state index is 12.3. The predicted molar refractivity (Wildman–Crippen MR) is 96.9 cm³/mol. The second-order valence-electron chi connectivity index (χ2n) is 5.70. The van der Waals surface area contributed by atoms with Crippen molar-refractivity contribution < 1.29 is 9.90 Å². The van der Waals surface area contributed by atoms with Crippen LogP contribution in [-0.2, 0) is 0 Å². The summed E-state index contributed by atoms with van der Waals surface area (Å²) in [5, 5.41) is 12.4. The van der Waals surface area contributed by atoms with Crippen molar-refractivity contribution in [2.45, 2.75) is 13.0 Å². The zero-order chi connectivity index (χ0) is 16.9. The summed E-state index contributed by atoms with van der Waals surface area (Å²) in [6.45, 7) is 1.71. The third-order valence-electron chi connectivity index (χ3n) is 3.91. The Kier molecular flexibility index (Phi) is 4.73. The summed E-state index contributed by atoms with van der Waals surface area (Å²) in [7, 11) is 0. The molecule has 1 amide bonds. The molecule has 24 heavy (non-hydrogen) atoms. The summed E-state index contributed by atoms with van der Waals surface area (Å²) in [4.78, 5) is 12.3. The number of hydrogen-bond acceptors (Lipinski definition) is 2. The second kappa shape index (κ2) is 7.11. The summed E-state index contributed by atoms with van der Waals surface area (Å²) in [5.74, 6) is -0.153. The molecule has 0 aliphatic heterocycles. The average molecular weight is 317 g/mol. The lowest BCUT2D eigenvalue weighted by Crippen LogP contribution is -2.11. The summed E-state index contributed by atoms with van der Waals surface area (Å²) in [6.07, 6.45) is -0.514. The number of amides is 1. The number of nitrogens with one attached hydrogen (secondary N) is 1. The molecule has 3 rings (SSSR count). The van der Waals surface area contributed by atoms with Crippen molar-refractivity contribution >= 4 is 11.6 Å². The van der Waals surface area contributed by atoms with Crippen LogP contribution in [0.3, 0.4) is 0 Å². The standard InChI is InChI=1S/C21H19NO2/c1-15(23)16-11-13-20(14-12-16)22-21(24)19-9-7-18(8-10-19)17-5-3-2-4-6-17/h2-15,23H,1H3,(H,22,24)/t15-/m0/s1. The number of carbonyl (C=O) groups is 1. The van der Waals surface area contributed by atoms with E-state index in [0.29, 0.717) is 11.3 Å². The Morgan fingerprint density at radius 1 is 0.833 bits per heavy atom. The largest absolute Gasteiger partial charge is 0.389 e. The number of anilines is 1. The summed E-state index contributed by atoms with van der Waals surface area (Å²) < 4.78 is 0. The Morgan fingerprint density at radius 2 is 1.42 bits per heavy atom. The van der Waals surface area contributed by atoms with Crippen molar-refractivity contribution in [2.24, 2.45) is 0 Å². The number of rotatable bonds is 4. The highest BCUT2D eigenvalue weighted by atomic mass is 16.3. The topological polar surface area (TPSA) is 49.3 Å². The van der Waals surface area contributed by atoms with Crippen molar-refractivity contribution in [1.29, 1.82) is 0 Å². The van der Waals surface area contributed by atoms with Crippen molar-refractivity contribution in [1.82, 2.24) is 0 Å². The van der Waals surface area contributed by atoms with E-state index < -0.39 is 6.10 Å².